The molecule has 3 heterocycles. The molecule has 4 rings (SSSR count). The fourth-order valence-corrected chi connectivity index (χ4v) is 3.88. The third kappa shape index (κ3) is 2.92. The normalized spacial score (nSPS) is 14.3. The van der Waals surface area contributed by atoms with E-state index >= 15 is 0 Å². The number of amides is 1. The van der Waals surface area contributed by atoms with Crippen LogP contribution in [0.2, 0.25) is 0 Å². The van der Waals surface area contributed by atoms with E-state index in [9.17, 15) is 4.79 Å². The second kappa shape index (κ2) is 6.80. The summed E-state index contributed by atoms with van der Waals surface area (Å²) in [6.45, 7) is 2.58. The highest BCUT2D eigenvalue weighted by atomic mass is 32.2. The predicted octanol–water partition coefficient (Wildman–Crippen LogP) is 2.12. The minimum Gasteiger partial charge on any atom is -0.335 e. The van der Waals surface area contributed by atoms with Crippen LogP contribution in [-0.4, -0.2) is 37.6 Å². The third-order valence-corrected chi connectivity index (χ3v) is 5.41. The van der Waals surface area contributed by atoms with Gasteiger partial charge in [0.2, 0.25) is 11.1 Å². The van der Waals surface area contributed by atoms with E-state index in [1.54, 1.807) is 12.4 Å². The zero-order valence-corrected chi connectivity index (χ0v) is 15.1. The molecule has 0 spiro atoms. The SMILES string of the molecule is C[C@H](Sc1nnc(-c2cccnc2)n1N)C(=O)N1CCc2ccccc21. The Morgan fingerprint density at radius 3 is 2.88 bits per heavy atom. The Hall–Kier alpha value is -2.87. The summed E-state index contributed by atoms with van der Waals surface area (Å²) in [6, 6.07) is 11.7. The van der Waals surface area contributed by atoms with E-state index in [0.717, 1.165) is 17.7 Å². The van der Waals surface area contributed by atoms with E-state index in [1.807, 2.05) is 42.2 Å². The van der Waals surface area contributed by atoms with Crippen molar-refractivity contribution in [2.24, 2.45) is 0 Å². The molecule has 0 aliphatic carbocycles. The maximum absolute atomic E-state index is 12.9. The van der Waals surface area contributed by atoms with Gasteiger partial charge in [0.05, 0.1) is 5.25 Å². The van der Waals surface area contributed by atoms with Crippen LogP contribution in [0, 0.1) is 0 Å². The molecule has 0 bridgehead atoms. The van der Waals surface area contributed by atoms with E-state index in [0.29, 0.717) is 17.5 Å². The summed E-state index contributed by atoms with van der Waals surface area (Å²) in [7, 11) is 0. The molecule has 3 aromatic rings. The Morgan fingerprint density at radius 2 is 2.08 bits per heavy atom. The number of pyridine rings is 1. The van der Waals surface area contributed by atoms with Crippen LogP contribution < -0.4 is 10.7 Å². The summed E-state index contributed by atoms with van der Waals surface area (Å²) in [5.41, 5.74) is 2.98. The number of benzene rings is 1. The molecule has 2 N–H and O–H groups in total. The van der Waals surface area contributed by atoms with Crippen LogP contribution >= 0.6 is 11.8 Å². The van der Waals surface area contributed by atoms with Crippen molar-refractivity contribution in [3.8, 4) is 11.4 Å². The van der Waals surface area contributed by atoms with Crippen molar-refractivity contribution in [3.63, 3.8) is 0 Å². The third-order valence-electron chi connectivity index (χ3n) is 4.37. The number of carbonyl (C=O) groups is 1. The molecule has 0 unspecified atom stereocenters. The molecule has 0 fully saturated rings. The number of hydrogen-bond acceptors (Lipinski definition) is 6. The highest BCUT2D eigenvalue weighted by molar-refractivity contribution is 8.00. The minimum atomic E-state index is -0.325. The highest BCUT2D eigenvalue weighted by Gasteiger charge is 2.29. The number of carbonyl (C=O) groups excluding carboxylic acids is 1. The molecule has 0 radical (unpaired) electrons. The Kier molecular flexibility index (Phi) is 4.34. The Morgan fingerprint density at radius 1 is 1.23 bits per heavy atom. The van der Waals surface area contributed by atoms with Crippen LogP contribution in [0.15, 0.2) is 53.9 Å². The molecule has 132 valence electrons. The standard InChI is InChI=1S/C18H18N6OS/c1-12(17(25)23-10-8-13-5-2-3-7-15(13)23)26-18-22-21-16(24(18)19)14-6-4-9-20-11-14/h2-7,9,11-12H,8,10,19H2,1H3/t12-/m0/s1. The van der Waals surface area contributed by atoms with Gasteiger partial charge < -0.3 is 10.7 Å². The number of para-hydroxylation sites is 1. The van der Waals surface area contributed by atoms with Crippen LogP contribution in [-0.2, 0) is 11.2 Å². The molecular weight excluding hydrogens is 348 g/mol. The van der Waals surface area contributed by atoms with Gasteiger partial charge in [-0.15, -0.1) is 10.2 Å². The quantitative estimate of drug-likeness (QED) is 0.562. The lowest BCUT2D eigenvalue weighted by atomic mass is 10.2. The lowest BCUT2D eigenvalue weighted by Crippen LogP contribution is -2.35. The lowest BCUT2D eigenvalue weighted by molar-refractivity contribution is -0.117. The Balaban J connectivity index is 1.52. The summed E-state index contributed by atoms with van der Waals surface area (Å²) >= 11 is 1.31. The lowest BCUT2D eigenvalue weighted by Gasteiger charge is -2.21. The molecule has 0 saturated heterocycles. The van der Waals surface area contributed by atoms with Crippen molar-refractivity contribution in [3.05, 3.63) is 54.4 Å². The zero-order chi connectivity index (χ0) is 18.1. The van der Waals surface area contributed by atoms with Crippen LogP contribution in [0.3, 0.4) is 0 Å². The van der Waals surface area contributed by atoms with Crippen molar-refractivity contribution in [1.82, 2.24) is 19.9 Å². The van der Waals surface area contributed by atoms with Gasteiger partial charge in [0.1, 0.15) is 0 Å². The van der Waals surface area contributed by atoms with E-state index < -0.39 is 0 Å². The second-order valence-corrected chi connectivity index (χ2v) is 7.35. The van der Waals surface area contributed by atoms with Crippen molar-refractivity contribution in [2.75, 3.05) is 17.3 Å². The van der Waals surface area contributed by atoms with Crippen molar-refractivity contribution < 1.29 is 4.79 Å². The van der Waals surface area contributed by atoms with Gasteiger partial charge in [0.25, 0.3) is 0 Å². The number of rotatable bonds is 4. The fourth-order valence-electron chi connectivity index (χ4n) is 3.04. The molecule has 8 heteroatoms. The Bertz CT molecular complexity index is 942. The molecule has 7 nitrogen and oxygen atoms in total. The van der Waals surface area contributed by atoms with Crippen LogP contribution in [0.4, 0.5) is 5.69 Å². The maximum Gasteiger partial charge on any atom is 0.240 e. The van der Waals surface area contributed by atoms with Crippen LogP contribution in [0.25, 0.3) is 11.4 Å². The molecule has 0 saturated carbocycles. The molecular formula is C18H18N6OS. The number of aromatic nitrogens is 4. The predicted molar refractivity (Wildman–Crippen MR) is 101 cm³/mol. The highest BCUT2D eigenvalue weighted by Crippen LogP contribution is 2.31. The first-order valence-corrected chi connectivity index (χ1v) is 9.20. The zero-order valence-electron chi connectivity index (χ0n) is 14.2. The average molecular weight is 366 g/mol. The number of nitrogens with two attached hydrogens (primary N) is 1. The first-order valence-electron chi connectivity index (χ1n) is 8.32. The number of fused-ring (bicyclic) bond motifs is 1. The molecule has 1 amide bonds. The number of anilines is 1. The van der Waals surface area contributed by atoms with Gasteiger partial charge >= 0.3 is 0 Å². The number of hydrogen-bond donors (Lipinski definition) is 1. The van der Waals surface area contributed by atoms with Crippen LogP contribution in [0.1, 0.15) is 12.5 Å². The topological polar surface area (TPSA) is 89.9 Å². The Labute approximate surface area is 155 Å². The van der Waals surface area contributed by atoms with Crippen molar-refractivity contribution >= 4 is 23.4 Å². The minimum absolute atomic E-state index is 0.0471. The molecule has 2 aromatic heterocycles. The summed E-state index contributed by atoms with van der Waals surface area (Å²) in [6.07, 6.45) is 4.25. The largest absolute Gasteiger partial charge is 0.335 e. The first kappa shape index (κ1) is 16.6. The monoisotopic (exact) mass is 366 g/mol. The fraction of sp³-hybridized carbons (Fsp3) is 0.222. The average Bonchev–Trinajstić information content (AvgIpc) is 3.26. The first-order chi connectivity index (χ1) is 12.6. The number of thioether (sulfide) groups is 1. The molecule has 1 aliphatic heterocycles. The summed E-state index contributed by atoms with van der Waals surface area (Å²) < 4.78 is 1.41. The van der Waals surface area contributed by atoms with Gasteiger partial charge in [0.15, 0.2) is 5.82 Å². The van der Waals surface area contributed by atoms with Gasteiger partial charge in [-0.1, -0.05) is 30.0 Å². The smallest absolute Gasteiger partial charge is 0.240 e. The summed E-state index contributed by atoms with van der Waals surface area (Å²) in [4.78, 5) is 18.8. The van der Waals surface area contributed by atoms with E-state index in [4.69, 9.17) is 5.84 Å². The van der Waals surface area contributed by atoms with E-state index in [2.05, 4.69) is 21.2 Å². The maximum atomic E-state index is 12.9. The van der Waals surface area contributed by atoms with Gasteiger partial charge in [0, 0.05) is 30.2 Å². The van der Waals surface area contributed by atoms with E-state index in [-0.39, 0.29) is 11.2 Å². The molecule has 1 aliphatic rings. The van der Waals surface area contributed by atoms with Crippen molar-refractivity contribution in [1.29, 1.82) is 0 Å². The molecule has 26 heavy (non-hydrogen) atoms. The summed E-state index contributed by atoms with van der Waals surface area (Å²) in [5.74, 6) is 6.70. The van der Waals surface area contributed by atoms with Crippen molar-refractivity contribution in [2.45, 2.75) is 23.8 Å². The molecule has 1 aromatic carbocycles. The van der Waals surface area contributed by atoms with Crippen LogP contribution in [0.5, 0.6) is 0 Å². The number of nitrogens with zero attached hydrogens (tertiary/aromatic N) is 5. The molecule has 1 atom stereocenters. The van der Waals surface area contributed by atoms with E-state index in [1.165, 1.54) is 22.0 Å². The second-order valence-electron chi connectivity index (χ2n) is 6.05. The summed E-state index contributed by atoms with van der Waals surface area (Å²) in [5, 5.41) is 8.44. The van der Waals surface area contributed by atoms with Gasteiger partial charge in [-0.3, -0.25) is 9.78 Å². The number of nitrogen functional groups attached to an aromatic ring is 1. The van der Waals surface area contributed by atoms with Gasteiger partial charge in [-0.2, -0.15) is 0 Å². The van der Waals surface area contributed by atoms with Gasteiger partial charge in [-0.25, -0.2) is 4.68 Å². The van der Waals surface area contributed by atoms with Gasteiger partial charge in [-0.05, 0) is 37.1 Å².